The summed E-state index contributed by atoms with van der Waals surface area (Å²) in [6.07, 6.45) is 3.79. The number of para-hydroxylation sites is 1. The molecule has 3 aromatic rings. The maximum Gasteiger partial charge on any atom is 0.269 e. The van der Waals surface area contributed by atoms with Crippen LogP contribution in [0.25, 0.3) is 10.9 Å². The number of nitro benzene ring substituents is 1. The number of hydrogen-bond acceptors (Lipinski definition) is 4. The van der Waals surface area contributed by atoms with Crippen molar-refractivity contribution < 1.29 is 9.72 Å². The highest BCUT2D eigenvalue weighted by Gasteiger charge is 2.25. The fraction of sp³-hybridized carbons (Fsp3) is 0.348. The van der Waals surface area contributed by atoms with Crippen LogP contribution in [-0.4, -0.2) is 33.8 Å². The number of aromatic nitrogens is 1. The van der Waals surface area contributed by atoms with Gasteiger partial charge < -0.3 is 10.3 Å². The lowest BCUT2D eigenvalue weighted by Crippen LogP contribution is -2.35. The van der Waals surface area contributed by atoms with Gasteiger partial charge in [-0.15, -0.1) is 0 Å². The summed E-state index contributed by atoms with van der Waals surface area (Å²) >= 11 is 0. The minimum atomic E-state index is -0.431. The molecular formula is C23H26N4O3. The van der Waals surface area contributed by atoms with Crippen molar-refractivity contribution in [2.24, 2.45) is 0 Å². The zero-order valence-corrected chi connectivity index (χ0v) is 17.1. The Kier molecular flexibility index (Phi) is 5.81. The van der Waals surface area contributed by atoms with Crippen LogP contribution in [0.1, 0.15) is 43.0 Å². The molecule has 7 heteroatoms. The summed E-state index contributed by atoms with van der Waals surface area (Å²) in [5, 5.41) is 15.0. The summed E-state index contributed by atoms with van der Waals surface area (Å²) < 4.78 is 0. The lowest BCUT2D eigenvalue weighted by atomic mass is 9.99. The van der Waals surface area contributed by atoms with Gasteiger partial charge in [0.2, 0.25) is 5.91 Å². The Morgan fingerprint density at radius 1 is 1.23 bits per heavy atom. The van der Waals surface area contributed by atoms with Crippen molar-refractivity contribution in [3.63, 3.8) is 0 Å². The molecule has 0 aliphatic carbocycles. The first-order valence-electron chi connectivity index (χ1n) is 10.4. The van der Waals surface area contributed by atoms with Crippen LogP contribution in [0.5, 0.6) is 0 Å². The molecule has 0 spiro atoms. The lowest BCUT2D eigenvalue weighted by Gasteiger charge is -2.35. The molecule has 1 fully saturated rings. The van der Waals surface area contributed by atoms with E-state index in [4.69, 9.17) is 0 Å². The summed E-state index contributed by atoms with van der Waals surface area (Å²) in [5.74, 6) is -0.0760. The standard InChI is InChI=1S/C23H26N4O3/c1-16-14-18(27(29)30)9-10-19(16)25-23(28)11-13-26-12-5-4-8-22(26)21-15-17-6-2-3-7-20(17)24-21/h2-3,6-7,9-10,14-15,22,24H,4-5,8,11-13H2,1H3,(H,25,28). The topological polar surface area (TPSA) is 91.3 Å². The van der Waals surface area contributed by atoms with Crippen molar-refractivity contribution in [2.75, 3.05) is 18.4 Å². The van der Waals surface area contributed by atoms with E-state index in [2.05, 4.69) is 33.4 Å². The molecule has 2 heterocycles. The number of piperidine rings is 1. The molecule has 1 aromatic heterocycles. The molecule has 1 unspecified atom stereocenters. The van der Waals surface area contributed by atoms with Crippen molar-refractivity contribution >= 4 is 28.2 Å². The van der Waals surface area contributed by atoms with Gasteiger partial charge in [0, 0.05) is 48.0 Å². The van der Waals surface area contributed by atoms with Crippen LogP contribution in [0.2, 0.25) is 0 Å². The molecule has 2 N–H and O–H groups in total. The zero-order valence-electron chi connectivity index (χ0n) is 17.1. The van der Waals surface area contributed by atoms with Gasteiger partial charge in [-0.1, -0.05) is 24.6 Å². The van der Waals surface area contributed by atoms with E-state index in [1.165, 1.54) is 29.6 Å². The van der Waals surface area contributed by atoms with Crippen LogP contribution < -0.4 is 5.32 Å². The number of fused-ring (bicyclic) bond motifs is 1. The van der Waals surface area contributed by atoms with Gasteiger partial charge >= 0.3 is 0 Å². The summed E-state index contributed by atoms with van der Waals surface area (Å²) in [5.41, 5.74) is 3.69. The second kappa shape index (κ2) is 8.67. The largest absolute Gasteiger partial charge is 0.357 e. The third-order valence-electron chi connectivity index (χ3n) is 5.84. The molecule has 0 radical (unpaired) electrons. The van der Waals surface area contributed by atoms with Gasteiger partial charge in [-0.2, -0.15) is 0 Å². The Bertz CT molecular complexity index is 1040. The van der Waals surface area contributed by atoms with Crippen LogP contribution in [-0.2, 0) is 4.79 Å². The van der Waals surface area contributed by atoms with E-state index < -0.39 is 4.92 Å². The summed E-state index contributed by atoms with van der Waals surface area (Å²) in [6.45, 7) is 3.42. The third-order valence-corrected chi connectivity index (χ3v) is 5.84. The van der Waals surface area contributed by atoms with Gasteiger partial charge in [-0.05, 0) is 55.5 Å². The van der Waals surface area contributed by atoms with Crippen molar-refractivity contribution in [3.05, 3.63) is 69.9 Å². The van der Waals surface area contributed by atoms with E-state index in [9.17, 15) is 14.9 Å². The molecule has 156 valence electrons. The highest BCUT2D eigenvalue weighted by Crippen LogP contribution is 2.32. The van der Waals surface area contributed by atoms with E-state index in [-0.39, 0.29) is 11.6 Å². The summed E-state index contributed by atoms with van der Waals surface area (Å²) in [7, 11) is 0. The molecule has 7 nitrogen and oxygen atoms in total. The first-order chi connectivity index (χ1) is 14.5. The highest BCUT2D eigenvalue weighted by atomic mass is 16.6. The minimum Gasteiger partial charge on any atom is -0.357 e. The summed E-state index contributed by atoms with van der Waals surface area (Å²) in [4.78, 5) is 28.9. The Morgan fingerprint density at radius 3 is 2.83 bits per heavy atom. The number of non-ortho nitro benzene ring substituents is 1. The van der Waals surface area contributed by atoms with Crippen molar-refractivity contribution in [3.8, 4) is 0 Å². The lowest BCUT2D eigenvalue weighted by molar-refractivity contribution is -0.384. The smallest absolute Gasteiger partial charge is 0.269 e. The van der Waals surface area contributed by atoms with Gasteiger partial charge in [-0.3, -0.25) is 19.8 Å². The van der Waals surface area contributed by atoms with Crippen LogP contribution in [0.15, 0.2) is 48.5 Å². The maximum atomic E-state index is 12.5. The molecule has 0 saturated carbocycles. The van der Waals surface area contributed by atoms with Crippen molar-refractivity contribution in [1.82, 2.24) is 9.88 Å². The number of amides is 1. The highest BCUT2D eigenvalue weighted by molar-refractivity contribution is 5.91. The monoisotopic (exact) mass is 406 g/mol. The van der Waals surface area contributed by atoms with Gasteiger partial charge in [-0.25, -0.2) is 0 Å². The molecular weight excluding hydrogens is 380 g/mol. The molecule has 1 amide bonds. The molecule has 1 saturated heterocycles. The van der Waals surface area contributed by atoms with Gasteiger partial charge in [0.05, 0.1) is 4.92 Å². The van der Waals surface area contributed by atoms with Crippen LogP contribution in [0.4, 0.5) is 11.4 Å². The van der Waals surface area contributed by atoms with Gasteiger partial charge in [0.15, 0.2) is 0 Å². The average Bonchev–Trinajstić information content (AvgIpc) is 3.18. The molecule has 0 bridgehead atoms. The number of benzene rings is 2. The van der Waals surface area contributed by atoms with E-state index >= 15 is 0 Å². The summed E-state index contributed by atoms with van der Waals surface area (Å²) in [6, 6.07) is 15.3. The number of anilines is 1. The SMILES string of the molecule is Cc1cc([N+](=O)[O-])ccc1NC(=O)CCN1CCCCC1c1cc2ccccc2[nH]1. The molecule has 30 heavy (non-hydrogen) atoms. The fourth-order valence-corrected chi connectivity index (χ4v) is 4.25. The van der Waals surface area contributed by atoms with E-state index in [1.807, 2.05) is 12.1 Å². The first kappa shape index (κ1) is 20.1. The molecule has 4 rings (SSSR count). The molecule has 1 aliphatic heterocycles. The van der Waals surface area contributed by atoms with Gasteiger partial charge in [0.25, 0.3) is 5.69 Å². The number of nitro groups is 1. The average molecular weight is 406 g/mol. The second-order valence-electron chi connectivity index (χ2n) is 7.91. The number of carbonyl (C=O) groups is 1. The van der Waals surface area contributed by atoms with Crippen LogP contribution >= 0.6 is 0 Å². The number of rotatable bonds is 6. The molecule has 2 aromatic carbocycles. The second-order valence-corrected chi connectivity index (χ2v) is 7.91. The number of likely N-dealkylation sites (tertiary alicyclic amines) is 1. The number of aromatic amines is 1. The maximum absolute atomic E-state index is 12.5. The minimum absolute atomic E-state index is 0.0278. The quantitative estimate of drug-likeness (QED) is 0.448. The number of nitrogens with zero attached hydrogens (tertiary/aromatic N) is 2. The Hall–Kier alpha value is -3.19. The van der Waals surface area contributed by atoms with E-state index in [0.717, 1.165) is 24.9 Å². The Labute approximate surface area is 175 Å². The number of hydrogen-bond donors (Lipinski definition) is 2. The van der Waals surface area contributed by atoms with Crippen LogP contribution in [0.3, 0.4) is 0 Å². The zero-order chi connectivity index (χ0) is 21.1. The number of carbonyl (C=O) groups excluding carboxylic acids is 1. The fourth-order valence-electron chi connectivity index (χ4n) is 4.25. The molecule has 1 atom stereocenters. The predicted octanol–water partition coefficient (Wildman–Crippen LogP) is 4.94. The third kappa shape index (κ3) is 4.36. The Morgan fingerprint density at radius 2 is 2.07 bits per heavy atom. The van der Waals surface area contributed by atoms with Crippen LogP contribution in [0, 0.1) is 17.0 Å². The number of H-pyrrole nitrogens is 1. The number of nitrogens with one attached hydrogen (secondary N) is 2. The number of aryl methyl sites for hydroxylation is 1. The van der Waals surface area contributed by atoms with Crippen molar-refractivity contribution in [2.45, 2.75) is 38.6 Å². The van der Waals surface area contributed by atoms with E-state index in [0.29, 0.717) is 30.3 Å². The normalized spacial score (nSPS) is 17.2. The van der Waals surface area contributed by atoms with Gasteiger partial charge in [0.1, 0.15) is 0 Å². The van der Waals surface area contributed by atoms with Crippen molar-refractivity contribution in [1.29, 1.82) is 0 Å². The predicted molar refractivity (Wildman–Crippen MR) is 118 cm³/mol. The Balaban J connectivity index is 1.40. The molecule has 1 aliphatic rings. The first-order valence-corrected chi connectivity index (χ1v) is 10.4. The van der Waals surface area contributed by atoms with E-state index in [1.54, 1.807) is 13.0 Å².